The number of hydrogen-bond donors (Lipinski definition) is 2. The minimum Gasteiger partial charge on any atom is -0.491 e. The van der Waals surface area contributed by atoms with Gasteiger partial charge in [0.2, 0.25) is 0 Å². The highest BCUT2D eigenvalue weighted by molar-refractivity contribution is 5.89. The molecule has 4 heteroatoms. The molecule has 0 atom stereocenters. The van der Waals surface area contributed by atoms with Crippen molar-refractivity contribution in [1.82, 2.24) is 5.32 Å². The van der Waals surface area contributed by atoms with E-state index in [0.717, 1.165) is 28.1 Å². The summed E-state index contributed by atoms with van der Waals surface area (Å²) >= 11 is 0. The number of nitrogens with one attached hydrogen (secondary N) is 2. The van der Waals surface area contributed by atoms with Crippen LogP contribution in [0.25, 0.3) is 0 Å². The molecule has 0 bridgehead atoms. The monoisotopic (exact) mass is 312 g/mol. The van der Waals surface area contributed by atoms with Gasteiger partial charge in [-0.05, 0) is 56.5 Å². The van der Waals surface area contributed by atoms with E-state index >= 15 is 0 Å². The molecular weight excluding hydrogens is 288 g/mol. The molecule has 0 heterocycles. The number of amides is 2. The van der Waals surface area contributed by atoms with Crippen molar-refractivity contribution in [2.45, 2.75) is 27.7 Å². The van der Waals surface area contributed by atoms with Crippen LogP contribution in [-0.2, 0) is 0 Å². The fraction of sp³-hybridized carbons (Fsp3) is 0.316. The van der Waals surface area contributed by atoms with Gasteiger partial charge in [0.1, 0.15) is 12.4 Å². The van der Waals surface area contributed by atoms with Crippen molar-refractivity contribution in [3.8, 4) is 5.75 Å². The van der Waals surface area contributed by atoms with Gasteiger partial charge in [0.05, 0.1) is 6.54 Å². The summed E-state index contributed by atoms with van der Waals surface area (Å²) in [4.78, 5) is 11.8. The SMILES string of the molecule is Cc1cccc(NC(=O)NCCOc2c(C)cc(C)cc2C)c1. The first-order valence-corrected chi connectivity index (χ1v) is 7.78. The van der Waals surface area contributed by atoms with Gasteiger partial charge < -0.3 is 15.4 Å². The molecule has 23 heavy (non-hydrogen) atoms. The summed E-state index contributed by atoms with van der Waals surface area (Å²) in [6, 6.07) is 11.7. The van der Waals surface area contributed by atoms with Gasteiger partial charge in [-0.1, -0.05) is 29.8 Å². The maximum absolute atomic E-state index is 11.8. The molecular formula is C19H24N2O2. The first-order chi connectivity index (χ1) is 11.0. The molecule has 0 saturated carbocycles. The lowest BCUT2D eigenvalue weighted by atomic mass is 10.1. The van der Waals surface area contributed by atoms with Crippen LogP contribution in [0.1, 0.15) is 22.3 Å². The number of benzene rings is 2. The van der Waals surface area contributed by atoms with Crippen LogP contribution < -0.4 is 15.4 Å². The Morgan fingerprint density at radius 3 is 2.35 bits per heavy atom. The van der Waals surface area contributed by atoms with Crippen molar-refractivity contribution in [3.05, 3.63) is 58.7 Å². The van der Waals surface area contributed by atoms with Crippen LogP contribution in [0.15, 0.2) is 36.4 Å². The number of aryl methyl sites for hydroxylation is 4. The van der Waals surface area contributed by atoms with Crippen LogP contribution in [-0.4, -0.2) is 19.2 Å². The van der Waals surface area contributed by atoms with E-state index in [4.69, 9.17) is 4.74 Å². The normalized spacial score (nSPS) is 10.3. The van der Waals surface area contributed by atoms with E-state index in [9.17, 15) is 4.79 Å². The second-order valence-electron chi connectivity index (χ2n) is 5.83. The first-order valence-electron chi connectivity index (χ1n) is 7.78. The van der Waals surface area contributed by atoms with Crippen molar-refractivity contribution in [1.29, 1.82) is 0 Å². The van der Waals surface area contributed by atoms with E-state index in [1.807, 2.05) is 45.0 Å². The van der Waals surface area contributed by atoms with Gasteiger partial charge in [-0.25, -0.2) is 4.79 Å². The van der Waals surface area contributed by atoms with Crippen molar-refractivity contribution in [2.24, 2.45) is 0 Å². The van der Waals surface area contributed by atoms with Gasteiger partial charge in [-0.15, -0.1) is 0 Å². The lowest BCUT2D eigenvalue weighted by Gasteiger charge is -2.14. The van der Waals surface area contributed by atoms with E-state index in [1.165, 1.54) is 5.56 Å². The molecule has 0 aliphatic rings. The molecule has 2 aromatic carbocycles. The minimum atomic E-state index is -0.225. The molecule has 0 unspecified atom stereocenters. The van der Waals surface area contributed by atoms with Crippen molar-refractivity contribution >= 4 is 11.7 Å². The highest BCUT2D eigenvalue weighted by Gasteiger charge is 2.06. The Balaban J connectivity index is 1.78. The molecule has 4 nitrogen and oxygen atoms in total. The summed E-state index contributed by atoms with van der Waals surface area (Å²) in [7, 11) is 0. The summed E-state index contributed by atoms with van der Waals surface area (Å²) in [5.41, 5.74) is 5.35. The fourth-order valence-electron chi connectivity index (χ4n) is 2.61. The third kappa shape index (κ3) is 5.02. The Morgan fingerprint density at radius 1 is 1.00 bits per heavy atom. The van der Waals surface area contributed by atoms with Crippen LogP contribution in [0.5, 0.6) is 5.75 Å². The van der Waals surface area contributed by atoms with Crippen molar-refractivity contribution < 1.29 is 9.53 Å². The molecule has 2 amide bonds. The molecule has 0 aliphatic carbocycles. The number of rotatable bonds is 5. The fourth-order valence-corrected chi connectivity index (χ4v) is 2.61. The third-order valence-electron chi connectivity index (χ3n) is 3.51. The third-order valence-corrected chi connectivity index (χ3v) is 3.51. The topological polar surface area (TPSA) is 50.4 Å². The van der Waals surface area contributed by atoms with E-state index in [-0.39, 0.29) is 6.03 Å². The Morgan fingerprint density at radius 2 is 1.70 bits per heavy atom. The zero-order valence-electron chi connectivity index (χ0n) is 14.2. The minimum absolute atomic E-state index is 0.225. The van der Waals surface area contributed by atoms with Gasteiger partial charge in [-0.2, -0.15) is 0 Å². The number of carbonyl (C=O) groups excluding carboxylic acids is 1. The Bertz CT molecular complexity index is 673. The zero-order valence-corrected chi connectivity index (χ0v) is 14.2. The van der Waals surface area contributed by atoms with Crippen molar-refractivity contribution in [3.63, 3.8) is 0 Å². The smallest absolute Gasteiger partial charge is 0.319 e. The second-order valence-corrected chi connectivity index (χ2v) is 5.83. The van der Waals surface area contributed by atoms with Crippen LogP contribution >= 0.6 is 0 Å². The molecule has 0 radical (unpaired) electrons. The average molecular weight is 312 g/mol. The number of ether oxygens (including phenoxy) is 1. The van der Waals surface area contributed by atoms with Gasteiger partial charge >= 0.3 is 6.03 Å². The standard InChI is InChI=1S/C19H24N2O2/c1-13-6-5-7-17(12-13)21-19(22)20-8-9-23-18-15(3)10-14(2)11-16(18)4/h5-7,10-12H,8-9H2,1-4H3,(H2,20,21,22). The first kappa shape index (κ1) is 16.9. The summed E-state index contributed by atoms with van der Waals surface area (Å²) in [6.07, 6.45) is 0. The summed E-state index contributed by atoms with van der Waals surface area (Å²) in [5.74, 6) is 0.900. The molecule has 2 rings (SSSR count). The molecule has 2 aromatic rings. The molecule has 0 fully saturated rings. The summed E-state index contributed by atoms with van der Waals surface area (Å²) in [5, 5.41) is 5.60. The van der Waals surface area contributed by atoms with E-state index in [2.05, 4.69) is 29.7 Å². The average Bonchev–Trinajstić information content (AvgIpc) is 2.45. The molecule has 0 aromatic heterocycles. The predicted octanol–water partition coefficient (Wildman–Crippen LogP) is 4.12. The van der Waals surface area contributed by atoms with Crippen molar-refractivity contribution in [2.75, 3.05) is 18.5 Å². The second kappa shape index (κ2) is 7.68. The lowest BCUT2D eigenvalue weighted by molar-refractivity contribution is 0.247. The maximum Gasteiger partial charge on any atom is 0.319 e. The van der Waals surface area contributed by atoms with E-state index in [1.54, 1.807) is 0 Å². The van der Waals surface area contributed by atoms with Gasteiger partial charge in [0.15, 0.2) is 0 Å². The predicted molar refractivity (Wildman–Crippen MR) is 94.3 cm³/mol. The van der Waals surface area contributed by atoms with E-state index in [0.29, 0.717) is 13.2 Å². The lowest BCUT2D eigenvalue weighted by Crippen LogP contribution is -2.32. The summed E-state index contributed by atoms with van der Waals surface area (Å²) < 4.78 is 5.80. The zero-order chi connectivity index (χ0) is 16.8. The van der Waals surface area contributed by atoms with Crippen LogP contribution in [0.4, 0.5) is 10.5 Å². The number of anilines is 1. The van der Waals surface area contributed by atoms with Crippen LogP contribution in [0.2, 0.25) is 0 Å². The molecule has 0 saturated heterocycles. The quantitative estimate of drug-likeness (QED) is 0.816. The molecule has 0 spiro atoms. The number of carbonyl (C=O) groups is 1. The Labute approximate surface area is 137 Å². The Hall–Kier alpha value is -2.49. The summed E-state index contributed by atoms with van der Waals surface area (Å²) in [6.45, 7) is 9.01. The van der Waals surface area contributed by atoms with Gasteiger partial charge in [0, 0.05) is 5.69 Å². The maximum atomic E-state index is 11.8. The largest absolute Gasteiger partial charge is 0.491 e. The van der Waals surface area contributed by atoms with Gasteiger partial charge in [-0.3, -0.25) is 0 Å². The van der Waals surface area contributed by atoms with E-state index < -0.39 is 0 Å². The van der Waals surface area contributed by atoms with Crippen LogP contribution in [0, 0.1) is 27.7 Å². The highest BCUT2D eigenvalue weighted by Crippen LogP contribution is 2.24. The number of hydrogen-bond acceptors (Lipinski definition) is 2. The molecule has 122 valence electrons. The highest BCUT2D eigenvalue weighted by atomic mass is 16.5. The van der Waals surface area contributed by atoms with Gasteiger partial charge in [0.25, 0.3) is 0 Å². The molecule has 2 N–H and O–H groups in total. The molecule has 0 aliphatic heterocycles. The van der Waals surface area contributed by atoms with Crippen LogP contribution in [0.3, 0.4) is 0 Å². The Kier molecular flexibility index (Phi) is 5.63. The number of urea groups is 1.